The molecule has 0 unspecified atom stereocenters. The number of hydrogen-bond donors (Lipinski definition) is 2. The van der Waals surface area contributed by atoms with Crippen LogP contribution in [0.4, 0.5) is 0 Å². The number of carbonyl (C=O) groups excluding carboxylic acids is 2. The highest BCUT2D eigenvalue weighted by atomic mass is 17.4. The standard InChI is InChI=1S/C19H18O2.H2O3/c1-2-3-4-7-13-10-11-16-17(12-13)19(21)15-9-6-5-8-14(15)18(16)20;1-3-2/h5-6,8-12H,2-4,7H2,1H3;1-2H. The van der Waals surface area contributed by atoms with E-state index in [-0.39, 0.29) is 11.6 Å². The Labute approximate surface area is 140 Å². The number of aryl methyl sites for hydroxylation is 1. The van der Waals surface area contributed by atoms with E-state index >= 15 is 0 Å². The van der Waals surface area contributed by atoms with Crippen LogP contribution in [0.2, 0.25) is 0 Å². The fourth-order valence-corrected chi connectivity index (χ4v) is 2.88. The second-order valence-corrected chi connectivity index (χ2v) is 5.62. The number of fused-ring (bicyclic) bond motifs is 2. The molecule has 5 nitrogen and oxygen atoms in total. The Balaban J connectivity index is 0.000000647. The van der Waals surface area contributed by atoms with E-state index in [4.69, 9.17) is 10.5 Å². The fraction of sp³-hybridized carbons (Fsp3) is 0.263. The Bertz CT molecular complexity index is 736. The van der Waals surface area contributed by atoms with Gasteiger partial charge in [-0.15, -0.1) is 0 Å². The molecule has 1 aliphatic rings. The molecular formula is C19H20O5. The van der Waals surface area contributed by atoms with Gasteiger partial charge in [0.25, 0.3) is 0 Å². The van der Waals surface area contributed by atoms with Crippen LogP contribution in [0.3, 0.4) is 0 Å². The molecule has 0 fully saturated rings. The molecule has 2 aromatic rings. The molecule has 0 heterocycles. The Hall–Kier alpha value is -2.34. The van der Waals surface area contributed by atoms with Gasteiger partial charge in [0.05, 0.1) is 0 Å². The van der Waals surface area contributed by atoms with E-state index in [1.54, 1.807) is 24.3 Å². The summed E-state index contributed by atoms with van der Waals surface area (Å²) in [7, 11) is 0. The van der Waals surface area contributed by atoms with Crippen LogP contribution >= 0.6 is 0 Å². The molecular weight excluding hydrogens is 308 g/mol. The van der Waals surface area contributed by atoms with Gasteiger partial charge in [0.1, 0.15) is 0 Å². The van der Waals surface area contributed by atoms with Gasteiger partial charge in [-0.05, 0) is 24.5 Å². The summed E-state index contributed by atoms with van der Waals surface area (Å²) in [6, 6.07) is 12.8. The van der Waals surface area contributed by atoms with E-state index in [1.165, 1.54) is 12.8 Å². The smallest absolute Gasteiger partial charge is 0.194 e. The monoisotopic (exact) mass is 328 g/mol. The molecule has 5 heteroatoms. The number of carbonyl (C=O) groups is 2. The van der Waals surface area contributed by atoms with Gasteiger partial charge in [0.15, 0.2) is 11.6 Å². The molecule has 0 atom stereocenters. The summed E-state index contributed by atoms with van der Waals surface area (Å²) in [6.45, 7) is 2.17. The predicted molar refractivity (Wildman–Crippen MR) is 89.3 cm³/mol. The quantitative estimate of drug-likeness (QED) is 0.427. The summed E-state index contributed by atoms with van der Waals surface area (Å²) in [6.07, 6.45) is 4.45. The van der Waals surface area contributed by atoms with Gasteiger partial charge in [-0.3, -0.25) is 9.59 Å². The third-order valence-electron chi connectivity index (χ3n) is 4.06. The number of unbranched alkanes of at least 4 members (excludes halogenated alkanes) is 2. The molecule has 0 aliphatic heterocycles. The molecule has 0 aromatic heterocycles. The van der Waals surface area contributed by atoms with Crippen molar-refractivity contribution in [3.63, 3.8) is 0 Å². The van der Waals surface area contributed by atoms with Gasteiger partial charge in [0.2, 0.25) is 0 Å². The highest BCUT2D eigenvalue weighted by molar-refractivity contribution is 6.28. The summed E-state index contributed by atoms with van der Waals surface area (Å²) < 4.78 is 0. The molecule has 0 amide bonds. The molecule has 0 bridgehead atoms. The first-order valence-electron chi connectivity index (χ1n) is 7.90. The van der Waals surface area contributed by atoms with Crippen LogP contribution in [0, 0.1) is 0 Å². The summed E-state index contributed by atoms with van der Waals surface area (Å²) in [4.78, 5) is 25.1. The van der Waals surface area contributed by atoms with Crippen molar-refractivity contribution in [3.05, 3.63) is 70.3 Å². The average molecular weight is 328 g/mol. The summed E-state index contributed by atoms with van der Waals surface area (Å²) >= 11 is 0. The molecule has 0 saturated carbocycles. The number of ketones is 2. The Morgan fingerprint density at radius 3 is 1.96 bits per heavy atom. The Morgan fingerprint density at radius 2 is 1.38 bits per heavy atom. The van der Waals surface area contributed by atoms with E-state index in [0.717, 1.165) is 18.4 Å². The maximum absolute atomic E-state index is 12.6. The van der Waals surface area contributed by atoms with E-state index in [9.17, 15) is 9.59 Å². The molecule has 24 heavy (non-hydrogen) atoms. The normalized spacial score (nSPS) is 12.1. The van der Waals surface area contributed by atoms with Crippen LogP contribution in [0.1, 0.15) is 63.6 Å². The zero-order valence-corrected chi connectivity index (χ0v) is 13.5. The number of rotatable bonds is 4. The van der Waals surface area contributed by atoms with E-state index < -0.39 is 0 Å². The Morgan fingerprint density at radius 1 is 0.833 bits per heavy atom. The lowest BCUT2D eigenvalue weighted by Gasteiger charge is -2.18. The molecule has 0 saturated heterocycles. The van der Waals surface area contributed by atoms with E-state index in [2.05, 4.69) is 12.0 Å². The molecule has 2 aromatic carbocycles. The predicted octanol–water partition coefficient (Wildman–Crippen LogP) is 4.14. The van der Waals surface area contributed by atoms with Crippen molar-refractivity contribution in [1.82, 2.24) is 0 Å². The van der Waals surface area contributed by atoms with Crippen molar-refractivity contribution in [3.8, 4) is 0 Å². The van der Waals surface area contributed by atoms with Crippen molar-refractivity contribution in [2.75, 3.05) is 0 Å². The number of hydrogen-bond acceptors (Lipinski definition) is 5. The highest BCUT2D eigenvalue weighted by Gasteiger charge is 2.29. The lowest BCUT2D eigenvalue weighted by Crippen LogP contribution is -2.20. The summed E-state index contributed by atoms with van der Waals surface area (Å²) in [5.41, 5.74) is 3.29. The van der Waals surface area contributed by atoms with Gasteiger partial charge in [-0.25, -0.2) is 10.5 Å². The van der Waals surface area contributed by atoms with E-state index in [1.807, 2.05) is 18.2 Å². The van der Waals surface area contributed by atoms with Gasteiger partial charge >= 0.3 is 0 Å². The maximum atomic E-state index is 12.6. The minimum absolute atomic E-state index is 0.0301. The Kier molecular flexibility index (Phi) is 6.37. The van der Waals surface area contributed by atoms with Crippen molar-refractivity contribution in [2.45, 2.75) is 32.6 Å². The van der Waals surface area contributed by atoms with Crippen molar-refractivity contribution >= 4 is 11.6 Å². The van der Waals surface area contributed by atoms with Crippen LogP contribution in [0.25, 0.3) is 0 Å². The van der Waals surface area contributed by atoms with Crippen molar-refractivity contribution in [2.24, 2.45) is 0 Å². The number of benzene rings is 2. The van der Waals surface area contributed by atoms with Crippen molar-refractivity contribution < 1.29 is 25.1 Å². The van der Waals surface area contributed by atoms with Crippen LogP contribution in [-0.4, -0.2) is 22.1 Å². The second-order valence-electron chi connectivity index (χ2n) is 5.62. The lowest BCUT2D eigenvalue weighted by atomic mass is 9.83. The van der Waals surface area contributed by atoms with Gasteiger partial charge in [-0.1, -0.05) is 61.2 Å². The summed E-state index contributed by atoms with van der Waals surface area (Å²) in [5.74, 6) is -0.0714. The summed E-state index contributed by atoms with van der Waals surface area (Å²) in [5, 5.41) is 15.5. The highest BCUT2D eigenvalue weighted by Crippen LogP contribution is 2.28. The second kappa shape index (κ2) is 8.49. The maximum Gasteiger partial charge on any atom is 0.194 e. The van der Waals surface area contributed by atoms with Gasteiger partial charge < -0.3 is 0 Å². The van der Waals surface area contributed by atoms with Gasteiger partial charge in [-0.2, -0.15) is 0 Å². The molecule has 0 radical (unpaired) electrons. The zero-order valence-electron chi connectivity index (χ0n) is 13.5. The van der Waals surface area contributed by atoms with Gasteiger partial charge in [0, 0.05) is 22.3 Å². The zero-order chi connectivity index (χ0) is 17.5. The van der Waals surface area contributed by atoms with Crippen LogP contribution in [0.5, 0.6) is 0 Å². The van der Waals surface area contributed by atoms with Crippen LogP contribution < -0.4 is 0 Å². The first-order chi connectivity index (χ1) is 11.6. The molecule has 3 rings (SSSR count). The molecule has 126 valence electrons. The average Bonchev–Trinajstić information content (AvgIpc) is 2.60. The fourth-order valence-electron chi connectivity index (χ4n) is 2.88. The lowest BCUT2D eigenvalue weighted by molar-refractivity contribution is -0.465. The topological polar surface area (TPSA) is 83.8 Å². The minimum atomic E-state index is -0.0414. The first kappa shape index (κ1) is 18.0. The third kappa shape index (κ3) is 3.76. The molecule has 1 aliphatic carbocycles. The van der Waals surface area contributed by atoms with Crippen molar-refractivity contribution in [1.29, 1.82) is 0 Å². The van der Waals surface area contributed by atoms with E-state index in [0.29, 0.717) is 22.3 Å². The van der Waals surface area contributed by atoms with Crippen LogP contribution in [-0.2, 0) is 11.5 Å². The largest absolute Gasteiger partial charge is 0.289 e. The molecule has 2 N–H and O–H groups in total. The third-order valence-corrected chi connectivity index (χ3v) is 4.06. The first-order valence-corrected chi connectivity index (χ1v) is 7.90. The molecule has 0 spiro atoms. The SMILES string of the molecule is CCCCCc1ccc2c(c1)C(=O)c1ccccc1C2=O.OOO. The van der Waals surface area contributed by atoms with Crippen LogP contribution in [0.15, 0.2) is 42.5 Å². The minimum Gasteiger partial charge on any atom is -0.289 e.